The Kier molecular flexibility index (Phi) is 15.6. The molecule has 0 bridgehead atoms. The summed E-state index contributed by atoms with van der Waals surface area (Å²) in [5, 5.41) is 17.2. The molecule has 0 aliphatic carbocycles. The van der Waals surface area contributed by atoms with Crippen molar-refractivity contribution in [1.29, 1.82) is 0 Å². The molecule has 0 saturated heterocycles. The fourth-order valence-electron chi connectivity index (χ4n) is 0.0645. The van der Waals surface area contributed by atoms with Crippen molar-refractivity contribution >= 4 is 0 Å². The summed E-state index contributed by atoms with van der Waals surface area (Å²) in [5.74, 6) is 0. The van der Waals surface area contributed by atoms with Gasteiger partial charge in [-0.2, -0.15) is 0 Å². The molecule has 0 aliphatic rings. The zero-order valence-corrected chi connectivity index (χ0v) is 5.98. The third-order valence-corrected chi connectivity index (χ3v) is 0.302. The molecule has 0 amide bonds. The molecule has 3 heteroatoms. The van der Waals surface area contributed by atoms with E-state index in [-0.39, 0.29) is 42.8 Å². The molecule has 0 heterocycles. The standard InChI is InChI=1S/C3H7O2.Na/c4-2-1-3-5;/h4H,1-3H2;/q-1;+1. The zero-order chi connectivity index (χ0) is 4.12. The molecule has 0 aliphatic heterocycles. The summed E-state index contributed by atoms with van der Waals surface area (Å²) in [6.07, 6.45) is 0.389. The van der Waals surface area contributed by atoms with Crippen LogP contribution in [-0.4, -0.2) is 18.3 Å². The van der Waals surface area contributed by atoms with Gasteiger partial charge in [0.2, 0.25) is 0 Å². The maximum Gasteiger partial charge on any atom is 1.00 e. The van der Waals surface area contributed by atoms with Crippen molar-refractivity contribution in [3.05, 3.63) is 0 Å². The van der Waals surface area contributed by atoms with Gasteiger partial charge >= 0.3 is 29.6 Å². The van der Waals surface area contributed by atoms with Gasteiger partial charge < -0.3 is 10.2 Å². The number of aliphatic hydroxyl groups excluding tert-OH is 1. The fraction of sp³-hybridized carbons (Fsp3) is 1.00. The number of hydrogen-bond donors (Lipinski definition) is 1. The van der Waals surface area contributed by atoms with E-state index in [0.29, 0.717) is 6.42 Å². The Morgan fingerprint density at radius 3 is 2.00 bits per heavy atom. The minimum atomic E-state index is -0.156. The van der Waals surface area contributed by atoms with E-state index in [2.05, 4.69) is 0 Å². The van der Waals surface area contributed by atoms with Crippen molar-refractivity contribution in [2.24, 2.45) is 0 Å². The van der Waals surface area contributed by atoms with Crippen molar-refractivity contribution < 1.29 is 39.8 Å². The first kappa shape index (κ1) is 10.0. The first-order chi connectivity index (χ1) is 2.41. The molecule has 0 atom stereocenters. The summed E-state index contributed by atoms with van der Waals surface area (Å²) in [6.45, 7) is -0.125. The predicted octanol–water partition coefficient (Wildman–Crippen LogP) is -4.27. The summed E-state index contributed by atoms with van der Waals surface area (Å²) in [6, 6.07) is 0. The molecule has 0 aromatic carbocycles. The SMILES string of the molecule is [Na+].[O-]CCCO. The Balaban J connectivity index is 0. The maximum atomic E-state index is 9.37. The van der Waals surface area contributed by atoms with Crippen LogP contribution in [0, 0.1) is 0 Å². The molecule has 0 aromatic rings. The van der Waals surface area contributed by atoms with E-state index in [9.17, 15) is 5.11 Å². The summed E-state index contributed by atoms with van der Waals surface area (Å²) < 4.78 is 0. The minimum Gasteiger partial charge on any atom is -0.854 e. The number of rotatable bonds is 2. The van der Waals surface area contributed by atoms with Gasteiger partial charge in [0.1, 0.15) is 0 Å². The molecule has 6 heavy (non-hydrogen) atoms. The predicted molar refractivity (Wildman–Crippen MR) is 16.6 cm³/mol. The molecular formula is C3H7NaO2. The second-order valence-corrected chi connectivity index (χ2v) is 0.781. The van der Waals surface area contributed by atoms with Crippen LogP contribution in [0.25, 0.3) is 0 Å². The quantitative estimate of drug-likeness (QED) is 0.355. The zero-order valence-electron chi connectivity index (χ0n) is 3.98. The van der Waals surface area contributed by atoms with E-state index in [1.807, 2.05) is 0 Å². The number of hydrogen-bond acceptors (Lipinski definition) is 2. The Labute approximate surface area is 59.5 Å². The van der Waals surface area contributed by atoms with Crippen molar-refractivity contribution in [1.82, 2.24) is 0 Å². The van der Waals surface area contributed by atoms with E-state index < -0.39 is 0 Å². The van der Waals surface area contributed by atoms with Crippen LogP contribution in [-0.2, 0) is 0 Å². The van der Waals surface area contributed by atoms with Gasteiger partial charge in [0.25, 0.3) is 0 Å². The van der Waals surface area contributed by atoms with Crippen molar-refractivity contribution in [2.75, 3.05) is 13.2 Å². The summed E-state index contributed by atoms with van der Waals surface area (Å²) in [7, 11) is 0. The fourth-order valence-corrected chi connectivity index (χ4v) is 0.0645. The van der Waals surface area contributed by atoms with Crippen LogP contribution in [0.1, 0.15) is 6.42 Å². The van der Waals surface area contributed by atoms with Gasteiger partial charge in [0.05, 0.1) is 0 Å². The largest absolute Gasteiger partial charge is 1.00 e. The minimum absolute atomic E-state index is 0. The molecular weight excluding hydrogens is 91.0 g/mol. The number of aliphatic hydroxyl groups is 1. The average molecular weight is 98.1 g/mol. The third kappa shape index (κ3) is 8.87. The van der Waals surface area contributed by atoms with Crippen molar-refractivity contribution in [2.45, 2.75) is 6.42 Å². The molecule has 0 radical (unpaired) electrons. The van der Waals surface area contributed by atoms with Crippen molar-refractivity contribution in [3.63, 3.8) is 0 Å². The van der Waals surface area contributed by atoms with Crippen molar-refractivity contribution in [3.8, 4) is 0 Å². The molecule has 0 fully saturated rings. The topological polar surface area (TPSA) is 43.3 Å². The summed E-state index contributed by atoms with van der Waals surface area (Å²) >= 11 is 0. The Bertz CT molecular complexity index is 16.3. The Morgan fingerprint density at radius 2 is 2.00 bits per heavy atom. The van der Waals surface area contributed by atoms with Gasteiger partial charge in [-0.05, 0) is 6.42 Å². The van der Waals surface area contributed by atoms with Gasteiger partial charge in [-0.15, -0.1) is 6.61 Å². The third-order valence-electron chi connectivity index (χ3n) is 0.302. The van der Waals surface area contributed by atoms with Crippen LogP contribution < -0.4 is 34.7 Å². The van der Waals surface area contributed by atoms with Crippen LogP contribution in [0.3, 0.4) is 0 Å². The molecule has 0 spiro atoms. The van der Waals surface area contributed by atoms with Gasteiger partial charge in [0, 0.05) is 6.61 Å². The molecule has 0 aromatic heterocycles. The van der Waals surface area contributed by atoms with Crippen LogP contribution in [0.4, 0.5) is 0 Å². The normalized spacial score (nSPS) is 7.00. The van der Waals surface area contributed by atoms with Gasteiger partial charge in [-0.3, -0.25) is 0 Å². The Morgan fingerprint density at radius 1 is 1.50 bits per heavy atom. The Hall–Kier alpha value is 0.920. The van der Waals surface area contributed by atoms with Gasteiger partial charge in [-0.25, -0.2) is 0 Å². The van der Waals surface area contributed by atoms with E-state index in [0.717, 1.165) is 0 Å². The first-order valence-corrected chi connectivity index (χ1v) is 1.60. The average Bonchev–Trinajstić information content (AvgIpc) is 1.41. The second kappa shape index (κ2) is 9.33. The van der Waals surface area contributed by atoms with E-state index in [4.69, 9.17) is 5.11 Å². The maximum absolute atomic E-state index is 9.37. The van der Waals surface area contributed by atoms with Gasteiger partial charge in [0.15, 0.2) is 0 Å². The van der Waals surface area contributed by atoms with E-state index in [1.54, 1.807) is 0 Å². The van der Waals surface area contributed by atoms with Crippen LogP contribution in [0.5, 0.6) is 0 Å². The first-order valence-electron chi connectivity index (χ1n) is 1.60. The second-order valence-electron chi connectivity index (χ2n) is 0.781. The van der Waals surface area contributed by atoms with Crippen LogP contribution in [0.2, 0.25) is 0 Å². The smallest absolute Gasteiger partial charge is 0.854 e. The summed E-state index contributed by atoms with van der Waals surface area (Å²) in [4.78, 5) is 0. The molecule has 0 unspecified atom stereocenters. The van der Waals surface area contributed by atoms with E-state index >= 15 is 0 Å². The molecule has 0 saturated carbocycles. The molecule has 1 N–H and O–H groups in total. The molecule has 32 valence electrons. The summed E-state index contributed by atoms with van der Waals surface area (Å²) in [5.41, 5.74) is 0. The molecule has 0 rings (SSSR count). The van der Waals surface area contributed by atoms with Crippen LogP contribution in [0.15, 0.2) is 0 Å². The van der Waals surface area contributed by atoms with Gasteiger partial charge in [-0.1, -0.05) is 0 Å². The molecule has 2 nitrogen and oxygen atoms in total. The van der Waals surface area contributed by atoms with E-state index in [1.165, 1.54) is 0 Å². The monoisotopic (exact) mass is 98.0 g/mol. The van der Waals surface area contributed by atoms with Crippen LogP contribution >= 0.6 is 0 Å².